The van der Waals surface area contributed by atoms with Crippen molar-refractivity contribution in [3.8, 4) is 5.75 Å². The molecule has 2 aromatic carbocycles. The van der Waals surface area contributed by atoms with E-state index in [4.69, 9.17) is 17.0 Å². The molecule has 0 unspecified atom stereocenters. The summed E-state index contributed by atoms with van der Waals surface area (Å²) in [5.74, 6) is -0.127. The average molecular weight is 369 g/mol. The van der Waals surface area contributed by atoms with Gasteiger partial charge in [-0.05, 0) is 42.5 Å². The molecule has 21 heavy (non-hydrogen) atoms. The molecule has 0 radical (unpaired) electrons. The van der Waals surface area contributed by atoms with Crippen molar-refractivity contribution in [3.63, 3.8) is 0 Å². The number of anilines is 1. The molecule has 0 atom stereocenters. The maximum atomic E-state index is 13.3. The number of benzene rings is 2. The second kappa shape index (κ2) is 7.95. The number of rotatable bonds is 5. The zero-order valence-corrected chi connectivity index (χ0v) is 13.5. The molecule has 0 fully saturated rings. The predicted octanol–water partition coefficient (Wildman–Crippen LogP) is 3.95. The molecule has 0 aliphatic rings. The van der Waals surface area contributed by atoms with Crippen molar-refractivity contribution >= 4 is 38.9 Å². The van der Waals surface area contributed by atoms with Gasteiger partial charge in [-0.2, -0.15) is 0 Å². The second-order valence-electron chi connectivity index (χ2n) is 4.17. The third-order valence-corrected chi connectivity index (χ3v) is 3.30. The third kappa shape index (κ3) is 5.32. The van der Waals surface area contributed by atoms with Gasteiger partial charge >= 0.3 is 0 Å². The monoisotopic (exact) mass is 368 g/mol. The van der Waals surface area contributed by atoms with Gasteiger partial charge in [0.2, 0.25) is 0 Å². The Balaban J connectivity index is 1.71. The van der Waals surface area contributed by atoms with Gasteiger partial charge in [0.15, 0.2) is 16.7 Å². The first-order chi connectivity index (χ1) is 10.1. The van der Waals surface area contributed by atoms with Crippen LogP contribution in [0.3, 0.4) is 0 Å². The fourth-order valence-corrected chi connectivity index (χ4v) is 2.25. The van der Waals surface area contributed by atoms with Crippen molar-refractivity contribution in [1.29, 1.82) is 0 Å². The van der Waals surface area contributed by atoms with Crippen LogP contribution in [0.1, 0.15) is 0 Å². The van der Waals surface area contributed by atoms with Gasteiger partial charge in [0.1, 0.15) is 6.61 Å². The highest BCUT2D eigenvalue weighted by Gasteiger charge is 2.01. The first-order valence-electron chi connectivity index (χ1n) is 6.33. The molecule has 0 saturated heterocycles. The molecule has 2 rings (SSSR count). The lowest BCUT2D eigenvalue weighted by molar-refractivity contribution is 0.306. The lowest BCUT2D eigenvalue weighted by Crippen LogP contribution is -2.32. The smallest absolute Gasteiger partial charge is 0.170 e. The van der Waals surface area contributed by atoms with E-state index in [2.05, 4.69) is 26.6 Å². The molecule has 0 spiro atoms. The van der Waals surface area contributed by atoms with Crippen LogP contribution in [-0.4, -0.2) is 18.3 Å². The van der Waals surface area contributed by atoms with Crippen LogP contribution in [0.4, 0.5) is 10.1 Å². The molecular formula is C15H14BrFN2OS. The summed E-state index contributed by atoms with van der Waals surface area (Å²) in [7, 11) is 0. The standard InChI is InChI=1S/C15H14BrFN2OS/c16-11-4-3-5-12(10-11)19-15(21)18-8-9-20-14-7-2-1-6-13(14)17/h1-7,10H,8-9H2,(H2,18,19,21). The van der Waals surface area contributed by atoms with E-state index in [9.17, 15) is 4.39 Å². The Morgan fingerprint density at radius 3 is 2.76 bits per heavy atom. The van der Waals surface area contributed by atoms with Crippen LogP contribution in [0.5, 0.6) is 5.75 Å². The van der Waals surface area contributed by atoms with Crippen molar-refractivity contribution in [3.05, 3.63) is 58.8 Å². The van der Waals surface area contributed by atoms with E-state index in [-0.39, 0.29) is 11.6 Å². The molecule has 3 nitrogen and oxygen atoms in total. The molecule has 0 bridgehead atoms. The minimum absolute atomic E-state index is 0.241. The fraction of sp³-hybridized carbons (Fsp3) is 0.133. The van der Waals surface area contributed by atoms with E-state index in [0.717, 1.165) is 10.2 Å². The van der Waals surface area contributed by atoms with Crippen molar-refractivity contribution in [2.45, 2.75) is 0 Å². The van der Waals surface area contributed by atoms with Crippen LogP contribution in [0.2, 0.25) is 0 Å². The minimum Gasteiger partial charge on any atom is -0.489 e. The lowest BCUT2D eigenvalue weighted by Gasteiger charge is -2.11. The Morgan fingerprint density at radius 2 is 2.00 bits per heavy atom. The maximum Gasteiger partial charge on any atom is 0.170 e. The molecule has 0 aliphatic carbocycles. The molecule has 0 saturated carbocycles. The Labute approximate surface area is 136 Å². The zero-order chi connectivity index (χ0) is 15.1. The van der Waals surface area contributed by atoms with Gasteiger partial charge in [0.05, 0.1) is 6.54 Å². The molecule has 0 amide bonds. The van der Waals surface area contributed by atoms with Gasteiger partial charge in [0.25, 0.3) is 0 Å². The summed E-state index contributed by atoms with van der Waals surface area (Å²) in [6.45, 7) is 0.801. The van der Waals surface area contributed by atoms with Crippen LogP contribution < -0.4 is 15.4 Å². The molecule has 0 aromatic heterocycles. The van der Waals surface area contributed by atoms with E-state index in [0.29, 0.717) is 18.3 Å². The average Bonchev–Trinajstić information content (AvgIpc) is 2.45. The first-order valence-corrected chi connectivity index (χ1v) is 7.53. The number of halogens is 2. The summed E-state index contributed by atoms with van der Waals surface area (Å²) >= 11 is 8.56. The summed E-state index contributed by atoms with van der Waals surface area (Å²) in [5.41, 5.74) is 0.886. The highest BCUT2D eigenvalue weighted by molar-refractivity contribution is 9.10. The van der Waals surface area contributed by atoms with E-state index in [1.165, 1.54) is 6.07 Å². The molecule has 2 N–H and O–H groups in total. The Bertz CT molecular complexity index is 624. The van der Waals surface area contributed by atoms with Gasteiger partial charge in [0, 0.05) is 10.2 Å². The van der Waals surface area contributed by atoms with Crippen LogP contribution in [0.15, 0.2) is 53.0 Å². The van der Waals surface area contributed by atoms with Crippen LogP contribution in [-0.2, 0) is 0 Å². The number of para-hydroxylation sites is 1. The maximum absolute atomic E-state index is 13.3. The van der Waals surface area contributed by atoms with E-state index < -0.39 is 0 Å². The van der Waals surface area contributed by atoms with Crippen molar-refractivity contribution in [2.75, 3.05) is 18.5 Å². The van der Waals surface area contributed by atoms with Gasteiger partial charge in [-0.15, -0.1) is 0 Å². The Kier molecular flexibility index (Phi) is 5.95. The minimum atomic E-state index is -0.368. The Hall–Kier alpha value is -1.66. The normalized spacial score (nSPS) is 10.0. The number of nitrogens with one attached hydrogen (secondary N) is 2. The zero-order valence-electron chi connectivity index (χ0n) is 11.1. The van der Waals surface area contributed by atoms with Gasteiger partial charge in [-0.3, -0.25) is 0 Å². The van der Waals surface area contributed by atoms with E-state index in [1.54, 1.807) is 18.2 Å². The lowest BCUT2D eigenvalue weighted by atomic mass is 10.3. The first kappa shape index (κ1) is 15.7. The number of thiocarbonyl (C=S) groups is 1. The molecule has 0 heterocycles. The molecule has 0 aliphatic heterocycles. The predicted molar refractivity (Wildman–Crippen MR) is 90.3 cm³/mol. The van der Waals surface area contributed by atoms with Crippen LogP contribution in [0, 0.1) is 5.82 Å². The number of hydrogen-bond donors (Lipinski definition) is 2. The van der Waals surface area contributed by atoms with Gasteiger partial charge in [-0.1, -0.05) is 34.1 Å². The van der Waals surface area contributed by atoms with Crippen LogP contribution in [0.25, 0.3) is 0 Å². The third-order valence-electron chi connectivity index (χ3n) is 2.56. The second-order valence-corrected chi connectivity index (χ2v) is 5.49. The summed E-state index contributed by atoms with van der Waals surface area (Å²) in [6, 6.07) is 14.0. The summed E-state index contributed by atoms with van der Waals surface area (Å²) in [6.07, 6.45) is 0. The van der Waals surface area contributed by atoms with Gasteiger partial charge in [-0.25, -0.2) is 4.39 Å². The van der Waals surface area contributed by atoms with Crippen molar-refractivity contribution in [2.24, 2.45) is 0 Å². The molecule has 2 aromatic rings. The SMILES string of the molecule is Fc1ccccc1OCCNC(=S)Nc1cccc(Br)c1. The van der Waals surface area contributed by atoms with E-state index >= 15 is 0 Å². The van der Waals surface area contributed by atoms with Crippen molar-refractivity contribution in [1.82, 2.24) is 5.32 Å². The van der Waals surface area contributed by atoms with Crippen LogP contribution >= 0.6 is 28.1 Å². The van der Waals surface area contributed by atoms with Gasteiger partial charge < -0.3 is 15.4 Å². The summed E-state index contributed by atoms with van der Waals surface area (Å²) < 4.78 is 19.6. The highest BCUT2D eigenvalue weighted by atomic mass is 79.9. The molecule has 6 heteroatoms. The highest BCUT2D eigenvalue weighted by Crippen LogP contribution is 2.16. The topological polar surface area (TPSA) is 33.3 Å². The number of hydrogen-bond acceptors (Lipinski definition) is 2. The fourth-order valence-electron chi connectivity index (χ4n) is 1.63. The largest absolute Gasteiger partial charge is 0.489 e. The van der Waals surface area contributed by atoms with E-state index in [1.807, 2.05) is 24.3 Å². The Morgan fingerprint density at radius 1 is 1.19 bits per heavy atom. The molecule has 110 valence electrons. The van der Waals surface area contributed by atoms with Crippen molar-refractivity contribution < 1.29 is 9.13 Å². The molecular weight excluding hydrogens is 355 g/mol. The quantitative estimate of drug-likeness (QED) is 0.618. The number of ether oxygens (including phenoxy) is 1. The summed E-state index contributed by atoms with van der Waals surface area (Å²) in [5, 5.41) is 6.54. The summed E-state index contributed by atoms with van der Waals surface area (Å²) in [4.78, 5) is 0.